The van der Waals surface area contributed by atoms with Gasteiger partial charge >= 0.3 is 0 Å². The summed E-state index contributed by atoms with van der Waals surface area (Å²) in [6.45, 7) is 3.18. The quantitative estimate of drug-likeness (QED) is 0.753. The first kappa shape index (κ1) is 17.0. The monoisotopic (exact) mass is 367 g/mol. The summed E-state index contributed by atoms with van der Waals surface area (Å²) in [5.41, 5.74) is 3.31. The molecule has 2 heterocycles. The van der Waals surface area contributed by atoms with E-state index in [0.29, 0.717) is 19.1 Å². The average molecular weight is 367 g/mol. The topological polar surface area (TPSA) is 62.3 Å². The van der Waals surface area contributed by atoms with Crippen LogP contribution in [0.4, 0.5) is 5.69 Å². The lowest BCUT2D eigenvalue weighted by Gasteiger charge is -2.25. The first-order valence-electron chi connectivity index (χ1n) is 8.73. The lowest BCUT2D eigenvalue weighted by molar-refractivity contribution is 0.578. The van der Waals surface area contributed by atoms with Crippen molar-refractivity contribution in [2.75, 3.05) is 18.0 Å². The lowest BCUT2D eigenvalue weighted by Crippen LogP contribution is -2.37. The van der Waals surface area contributed by atoms with Crippen LogP contribution in [0.2, 0.25) is 0 Å². The summed E-state index contributed by atoms with van der Waals surface area (Å²) in [5, 5.41) is 0.817. The van der Waals surface area contributed by atoms with Crippen molar-refractivity contribution in [1.29, 1.82) is 0 Å². The standard InChI is InChI=1S/C20H21N3O2S/c1-15-13-17-5-2-3-7-20(17)23(15)12-11-22-26(24,25)18-8-9-19-16(14-18)6-4-10-21-19/h2-10,14-15,22H,11-13H2,1H3. The lowest BCUT2D eigenvalue weighted by atomic mass is 10.1. The summed E-state index contributed by atoms with van der Waals surface area (Å²) in [4.78, 5) is 6.76. The van der Waals surface area contributed by atoms with Gasteiger partial charge in [-0.2, -0.15) is 0 Å². The van der Waals surface area contributed by atoms with Gasteiger partial charge in [0.15, 0.2) is 0 Å². The van der Waals surface area contributed by atoms with Crippen LogP contribution in [0, 0.1) is 0 Å². The van der Waals surface area contributed by atoms with E-state index in [9.17, 15) is 8.42 Å². The molecule has 134 valence electrons. The molecule has 0 saturated carbocycles. The van der Waals surface area contributed by atoms with E-state index in [0.717, 1.165) is 17.3 Å². The molecule has 1 aliphatic heterocycles. The number of hydrogen-bond donors (Lipinski definition) is 1. The molecule has 2 aromatic carbocycles. The minimum Gasteiger partial charge on any atom is -0.367 e. The Labute approximate surface area is 153 Å². The molecule has 0 saturated heterocycles. The fourth-order valence-corrected chi connectivity index (χ4v) is 4.63. The molecule has 4 rings (SSSR count). The molecule has 0 fully saturated rings. The van der Waals surface area contributed by atoms with Gasteiger partial charge in [0.05, 0.1) is 10.4 Å². The number of fused-ring (bicyclic) bond motifs is 2. The zero-order valence-corrected chi connectivity index (χ0v) is 15.4. The predicted octanol–water partition coefficient (Wildman–Crippen LogP) is 2.96. The van der Waals surface area contributed by atoms with Crippen LogP contribution in [0.15, 0.2) is 65.7 Å². The van der Waals surface area contributed by atoms with E-state index >= 15 is 0 Å². The first-order chi connectivity index (χ1) is 12.5. The van der Waals surface area contributed by atoms with Crippen LogP contribution in [0.25, 0.3) is 10.9 Å². The summed E-state index contributed by atoms with van der Waals surface area (Å²) in [6.07, 6.45) is 2.70. The third-order valence-electron chi connectivity index (χ3n) is 4.88. The van der Waals surface area contributed by atoms with Crippen molar-refractivity contribution in [2.24, 2.45) is 0 Å². The van der Waals surface area contributed by atoms with E-state index in [2.05, 4.69) is 33.7 Å². The molecular weight excluding hydrogens is 346 g/mol. The molecule has 0 radical (unpaired) electrons. The van der Waals surface area contributed by atoms with Gasteiger partial charge in [0, 0.05) is 36.4 Å². The maximum atomic E-state index is 12.6. The van der Waals surface area contributed by atoms with Crippen LogP contribution in [0.1, 0.15) is 12.5 Å². The summed E-state index contributed by atoms with van der Waals surface area (Å²) < 4.78 is 28.0. The predicted molar refractivity (Wildman–Crippen MR) is 104 cm³/mol. The Morgan fingerprint density at radius 1 is 1.15 bits per heavy atom. The Kier molecular flexibility index (Phi) is 4.38. The summed E-state index contributed by atoms with van der Waals surface area (Å²) in [7, 11) is -3.54. The maximum absolute atomic E-state index is 12.6. The molecule has 0 spiro atoms. The highest BCUT2D eigenvalue weighted by Crippen LogP contribution is 2.31. The SMILES string of the molecule is CC1Cc2ccccc2N1CCNS(=O)(=O)c1ccc2ncccc2c1. The molecule has 6 heteroatoms. The van der Waals surface area contributed by atoms with Crippen molar-refractivity contribution in [1.82, 2.24) is 9.71 Å². The van der Waals surface area contributed by atoms with Crippen molar-refractivity contribution in [2.45, 2.75) is 24.3 Å². The number of nitrogens with one attached hydrogen (secondary N) is 1. The van der Waals surface area contributed by atoms with Gasteiger partial charge < -0.3 is 4.90 Å². The Morgan fingerprint density at radius 3 is 2.88 bits per heavy atom. The van der Waals surface area contributed by atoms with Gasteiger partial charge in [0.25, 0.3) is 0 Å². The highest BCUT2D eigenvalue weighted by atomic mass is 32.2. The van der Waals surface area contributed by atoms with E-state index in [1.165, 1.54) is 11.3 Å². The Morgan fingerprint density at radius 2 is 2.00 bits per heavy atom. The number of nitrogens with zero attached hydrogens (tertiary/aromatic N) is 2. The number of pyridine rings is 1. The largest absolute Gasteiger partial charge is 0.367 e. The van der Waals surface area contributed by atoms with Crippen LogP contribution in [-0.2, 0) is 16.4 Å². The van der Waals surface area contributed by atoms with Crippen molar-refractivity contribution in [3.05, 3.63) is 66.4 Å². The Bertz CT molecular complexity index is 1050. The number of anilines is 1. The van der Waals surface area contributed by atoms with Crippen molar-refractivity contribution in [3.63, 3.8) is 0 Å². The summed E-state index contributed by atoms with van der Waals surface area (Å²) in [6, 6.07) is 17.4. The van der Waals surface area contributed by atoms with E-state index < -0.39 is 10.0 Å². The van der Waals surface area contributed by atoms with Crippen LogP contribution in [0.5, 0.6) is 0 Å². The van der Waals surface area contributed by atoms with Gasteiger partial charge in [0.1, 0.15) is 0 Å². The van der Waals surface area contributed by atoms with E-state index in [-0.39, 0.29) is 4.90 Å². The van der Waals surface area contributed by atoms with Gasteiger partial charge in [-0.1, -0.05) is 24.3 Å². The average Bonchev–Trinajstić information content (AvgIpc) is 2.97. The number of rotatable bonds is 5. The second kappa shape index (κ2) is 6.70. The van der Waals surface area contributed by atoms with E-state index in [1.54, 1.807) is 30.5 Å². The summed E-state index contributed by atoms with van der Waals surface area (Å²) in [5.74, 6) is 0. The van der Waals surface area contributed by atoms with Crippen LogP contribution in [0.3, 0.4) is 0 Å². The van der Waals surface area contributed by atoms with Gasteiger partial charge in [0.2, 0.25) is 10.0 Å². The first-order valence-corrected chi connectivity index (χ1v) is 10.2. The molecule has 0 amide bonds. The smallest absolute Gasteiger partial charge is 0.240 e. The molecule has 26 heavy (non-hydrogen) atoms. The number of hydrogen-bond acceptors (Lipinski definition) is 4. The van der Waals surface area contributed by atoms with Crippen molar-refractivity contribution >= 4 is 26.6 Å². The second-order valence-electron chi connectivity index (χ2n) is 6.63. The maximum Gasteiger partial charge on any atom is 0.240 e. The molecule has 1 atom stereocenters. The Hall–Kier alpha value is -2.44. The molecule has 0 bridgehead atoms. The third-order valence-corrected chi connectivity index (χ3v) is 6.34. The summed E-state index contributed by atoms with van der Waals surface area (Å²) >= 11 is 0. The van der Waals surface area contributed by atoms with Crippen molar-refractivity contribution in [3.8, 4) is 0 Å². The van der Waals surface area contributed by atoms with Crippen LogP contribution < -0.4 is 9.62 Å². The number of sulfonamides is 1. The van der Waals surface area contributed by atoms with E-state index in [4.69, 9.17) is 0 Å². The molecule has 3 aromatic rings. The van der Waals surface area contributed by atoms with Crippen molar-refractivity contribution < 1.29 is 8.42 Å². The normalized spacial score (nSPS) is 16.8. The Balaban J connectivity index is 1.47. The number of aromatic nitrogens is 1. The minimum atomic E-state index is -3.54. The number of para-hydroxylation sites is 1. The fraction of sp³-hybridized carbons (Fsp3) is 0.250. The van der Waals surface area contributed by atoms with Gasteiger partial charge in [-0.25, -0.2) is 13.1 Å². The zero-order chi connectivity index (χ0) is 18.1. The number of benzene rings is 2. The fourth-order valence-electron chi connectivity index (χ4n) is 3.58. The highest BCUT2D eigenvalue weighted by molar-refractivity contribution is 7.89. The zero-order valence-electron chi connectivity index (χ0n) is 14.6. The molecule has 1 N–H and O–H groups in total. The molecule has 1 aliphatic rings. The molecule has 0 aliphatic carbocycles. The third kappa shape index (κ3) is 3.18. The van der Waals surface area contributed by atoms with E-state index in [1.807, 2.05) is 18.2 Å². The highest BCUT2D eigenvalue weighted by Gasteiger charge is 2.25. The second-order valence-corrected chi connectivity index (χ2v) is 8.40. The molecule has 5 nitrogen and oxygen atoms in total. The molecular formula is C20H21N3O2S. The molecule has 1 aromatic heterocycles. The molecule has 1 unspecified atom stereocenters. The van der Waals surface area contributed by atoms with Gasteiger partial charge in [-0.3, -0.25) is 4.98 Å². The van der Waals surface area contributed by atoms with Gasteiger partial charge in [-0.15, -0.1) is 0 Å². The minimum absolute atomic E-state index is 0.271. The van der Waals surface area contributed by atoms with Gasteiger partial charge in [-0.05, 0) is 49.2 Å². The van der Waals surface area contributed by atoms with Crippen LogP contribution in [-0.4, -0.2) is 32.5 Å². The van der Waals surface area contributed by atoms with Crippen LogP contribution >= 0.6 is 0 Å².